The monoisotopic (exact) mass is 821 g/mol. The van der Waals surface area contributed by atoms with E-state index in [1.54, 1.807) is 5.56 Å². The maximum absolute atomic E-state index is 2.50. The molecule has 0 spiro atoms. The largest absolute Gasteiger partial charge is 0.311 e. The number of fused-ring (bicyclic) bond motifs is 4. The first kappa shape index (κ1) is 37.6. The SMILES string of the molecule is c1ccc(-c2cccc3cccc(-c4ccc(N(c5ccc(C67CC8CC(CC(C8)C6)C7)cc5)c5ccc(C6(c7ccccc7)c7ccccc7-c7ccccc76)cc5)cc4)c23)cc1. The molecule has 0 amide bonds. The third kappa shape index (κ3) is 5.83. The maximum Gasteiger partial charge on any atom is 0.0713 e. The third-order valence-electron chi connectivity index (χ3n) is 15.9. The molecule has 0 atom stereocenters. The first-order valence-electron chi connectivity index (χ1n) is 23.6. The van der Waals surface area contributed by atoms with E-state index in [1.165, 1.54) is 111 Å². The number of hydrogen-bond donors (Lipinski definition) is 0. The molecule has 9 aromatic rings. The average Bonchev–Trinajstić information content (AvgIpc) is 3.65. The summed E-state index contributed by atoms with van der Waals surface area (Å²) in [5.41, 5.74) is 17.8. The lowest BCUT2D eigenvalue weighted by molar-refractivity contribution is -0.00518. The highest BCUT2D eigenvalue weighted by atomic mass is 15.1. The summed E-state index contributed by atoms with van der Waals surface area (Å²) in [6.45, 7) is 0. The van der Waals surface area contributed by atoms with E-state index in [4.69, 9.17) is 0 Å². The van der Waals surface area contributed by atoms with E-state index in [0.29, 0.717) is 5.41 Å². The predicted molar refractivity (Wildman–Crippen MR) is 267 cm³/mol. The Kier molecular flexibility index (Phi) is 8.70. The van der Waals surface area contributed by atoms with Crippen LogP contribution in [-0.2, 0) is 10.8 Å². The molecular weight excluding hydrogens is 771 g/mol. The van der Waals surface area contributed by atoms with Gasteiger partial charge in [0.2, 0.25) is 0 Å². The Hall–Kier alpha value is -6.96. The highest BCUT2D eigenvalue weighted by Gasteiger charge is 2.51. The minimum Gasteiger partial charge on any atom is -0.311 e. The van der Waals surface area contributed by atoms with Gasteiger partial charge in [-0.2, -0.15) is 0 Å². The molecule has 0 unspecified atom stereocenters. The van der Waals surface area contributed by atoms with Crippen LogP contribution in [0.15, 0.2) is 218 Å². The lowest BCUT2D eigenvalue weighted by Crippen LogP contribution is -2.48. The first-order chi connectivity index (χ1) is 31.6. The van der Waals surface area contributed by atoms with Gasteiger partial charge in [-0.05, 0) is 170 Å². The number of hydrogen-bond acceptors (Lipinski definition) is 1. The fourth-order valence-corrected chi connectivity index (χ4v) is 13.7. The summed E-state index contributed by atoms with van der Waals surface area (Å²) in [6.07, 6.45) is 8.52. The molecular formula is C63H51N. The summed E-state index contributed by atoms with van der Waals surface area (Å²) in [5, 5.41) is 2.55. The average molecular weight is 822 g/mol. The summed E-state index contributed by atoms with van der Waals surface area (Å²) in [6, 6.07) is 82.0. The van der Waals surface area contributed by atoms with Gasteiger partial charge in [0, 0.05) is 17.1 Å². The van der Waals surface area contributed by atoms with E-state index in [1.807, 2.05) is 0 Å². The lowest BCUT2D eigenvalue weighted by atomic mass is 9.48. The van der Waals surface area contributed by atoms with Gasteiger partial charge in [-0.1, -0.05) is 182 Å². The first-order valence-corrected chi connectivity index (χ1v) is 23.6. The maximum atomic E-state index is 2.50. The minimum atomic E-state index is -0.434. The molecule has 0 saturated heterocycles. The molecule has 0 aromatic heterocycles. The number of anilines is 3. The Balaban J connectivity index is 0.936. The van der Waals surface area contributed by atoms with Crippen LogP contribution in [0.4, 0.5) is 17.1 Å². The molecule has 4 bridgehead atoms. The van der Waals surface area contributed by atoms with Crippen LogP contribution in [0.2, 0.25) is 0 Å². The molecule has 14 rings (SSSR count). The van der Waals surface area contributed by atoms with Crippen molar-refractivity contribution in [3.63, 3.8) is 0 Å². The van der Waals surface area contributed by atoms with Gasteiger partial charge in [0.05, 0.1) is 5.41 Å². The standard InChI is InChI=1S/C63H51N/c1-3-13-46(14-4-1)55-21-11-15-48-16-12-22-56(61(48)55)47-25-31-52(32-26-47)64(53-33-27-49(28-34-53)62-40-43-37-44(41-62)39-45(38-43)42-62)54-35-29-51(30-36-54)63(50-17-5-2-6-18-50)59-23-9-7-19-57(59)58-20-8-10-24-60(58)63/h1-36,43-45H,37-42H2. The van der Waals surface area contributed by atoms with E-state index < -0.39 is 5.41 Å². The normalized spacial score (nSPS) is 21.1. The summed E-state index contributed by atoms with van der Waals surface area (Å²) < 4.78 is 0. The molecule has 5 aliphatic rings. The number of rotatable bonds is 8. The van der Waals surface area contributed by atoms with E-state index in [0.717, 1.165) is 29.1 Å². The molecule has 0 aliphatic heterocycles. The van der Waals surface area contributed by atoms with Crippen molar-refractivity contribution in [1.29, 1.82) is 0 Å². The van der Waals surface area contributed by atoms with Gasteiger partial charge in [-0.15, -0.1) is 0 Å². The predicted octanol–water partition coefficient (Wildman–Crippen LogP) is 16.5. The van der Waals surface area contributed by atoms with Gasteiger partial charge >= 0.3 is 0 Å². The van der Waals surface area contributed by atoms with Crippen molar-refractivity contribution in [1.82, 2.24) is 0 Å². The molecule has 4 saturated carbocycles. The molecule has 4 fully saturated rings. The van der Waals surface area contributed by atoms with Crippen LogP contribution in [0.25, 0.3) is 44.2 Å². The van der Waals surface area contributed by atoms with Crippen LogP contribution >= 0.6 is 0 Å². The van der Waals surface area contributed by atoms with Crippen LogP contribution in [0.5, 0.6) is 0 Å². The fraction of sp³-hybridized carbons (Fsp3) is 0.175. The second kappa shape index (κ2) is 14.8. The number of benzene rings is 9. The van der Waals surface area contributed by atoms with Crippen molar-refractivity contribution in [2.45, 2.75) is 49.4 Å². The van der Waals surface area contributed by atoms with Gasteiger partial charge in [0.15, 0.2) is 0 Å². The minimum absolute atomic E-state index is 0.359. The van der Waals surface area contributed by atoms with Crippen molar-refractivity contribution in [3.05, 3.63) is 246 Å². The molecule has 64 heavy (non-hydrogen) atoms. The zero-order valence-corrected chi connectivity index (χ0v) is 36.2. The molecule has 0 N–H and O–H groups in total. The third-order valence-corrected chi connectivity index (χ3v) is 15.9. The second-order valence-corrected chi connectivity index (χ2v) is 19.5. The number of nitrogens with zero attached hydrogens (tertiary/aromatic N) is 1. The van der Waals surface area contributed by atoms with E-state index >= 15 is 0 Å². The lowest BCUT2D eigenvalue weighted by Gasteiger charge is -2.57. The Morgan fingerprint density at radius 3 is 1.27 bits per heavy atom. The van der Waals surface area contributed by atoms with Gasteiger partial charge in [0.1, 0.15) is 0 Å². The van der Waals surface area contributed by atoms with Crippen LogP contribution in [-0.4, -0.2) is 0 Å². The van der Waals surface area contributed by atoms with E-state index in [-0.39, 0.29) is 0 Å². The van der Waals surface area contributed by atoms with Gasteiger partial charge in [-0.25, -0.2) is 0 Å². The van der Waals surface area contributed by atoms with Gasteiger partial charge < -0.3 is 4.90 Å². The van der Waals surface area contributed by atoms with Crippen LogP contribution in [0.3, 0.4) is 0 Å². The molecule has 5 aliphatic carbocycles. The zero-order chi connectivity index (χ0) is 42.2. The summed E-state index contributed by atoms with van der Waals surface area (Å²) in [7, 11) is 0. The second-order valence-electron chi connectivity index (χ2n) is 19.5. The van der Waals surface area contributed by atoms with E-state index in [9.17, 15) is 0 Å². The Morgan fingerprint density at radius 2 is 0.734 bits per heavy atom. The molecule has 0 radical (unpaired) electrons. The highest BCUT2D eigenvalue weighted by Crippen LogP contribution is 2.61. The Bertz CT molecular complexity index is 3080. The van der Waals surface area contributed by atoms with Crippen LogP contribution < -0.4 is 4.90 Å². The zero-order valence-electron chi connectivity index (χ0n) is 36.2. The highest BCUT2D eigenvalue weighted by molar-refractivity contribution is 6.06. The van der Waals surface area contributed by atoms with Crippen molar-refractivity contribution >= 4 is 27.8 Å². The molecule has 0 heterocycles. The molecule has 1 heteroatoms. The van der Waals surface area contributed by atoms with Crippen molar-refractivity contribution in [2.24, 2.45) is 17.8 Å². The molecule has 9 aromatic carbocycles. The summed E-state index contributed by atoms with van der Waals surface area (Å²) in [5.74, 6) is 2.76. The van der Waals surface area contributed by atoms with Gasteiger partial charge in [0.25, 0.3) is 0 Å². The summed E-state index contributed by atoms with van der Waals surface area (Å²) >= 11 is 0. The van der Waals surface area contributed by atoms with Gasteiger partial charge in [-0.3, -0.25) is 0 Å². The van der Waals surface area contributed by atoms with Crippen LogP contribution in [0, 0.1) is 17.8 Å². The van der Waals surface area contributed by atoms with Crippen molar-refractivity contribution in [3.8, 4) is 33.4 Å². The van der Waals surface area contributed by atoms with Crippen LogP contribution in [0.1, 0.15) is 66.3 Å². The molecule has 1 nitrogen and oxygen atoms in total. The molecule has 308 valence electrons. The Labute approximate surface area is 377 Å². The smallest absolute Gasteiger partial charge is 0.0713 e. The topological polar surface area (TPSA) is 3.24 Å². The van der Waals surface area contributed by atoms with Crippen molar-refractivity contribution < 1.29 is 0 Å². The van der Waals surface area contributed by atoms with E-state index in [2.05, 4.69) is 223 Å². The quantitative estimate of drug-likeness (QED) is 0.148. The summed E-state index contributed by atoms with van der Waals surface area (Å²) in [4.78, 5) is 2.47. The Morgan fingerprint density at radius 1 is 0.328 bits per heavy atom. The fourth-order valence-electron chi connectivity index (χ4n) is 13.7. The van der Waals surface area contributed by atoms with Crippen molar-refractivity contribution in [2.75, 3.05) is 4.90 Å².